The van der Waals surface area contributed by atoms with E-state index >= 15 is 0 Å². The largest absolute Gasteiger partial charge is 0.341 e. The molecule has 1 atom stereocenters. The quantitative estimate of drug-likeness (QED) is 0.921. The van der Waals surface area contributed by atoms with Crippen LogP contribution in [0.5, 0.6) is 0 Å². The van der Waals surface area contributed by atoms with Crippen molar-refractivity contribution in [2.24, 2.45) is 0 Å². The van der Waals surface area contributed by atoms with E-state index in [0.717, 1.165) is 11.3 Å². The molecule has 0 fully saturated rings. The van der Waals surface area contributed by atoms with Crippen LogP contribution < -0.4 is 10.2 Å². The van der Waals surface area contributed by atoms with Crippen LogP contribution in [0.1, 0.15) is 43.1 Å². The van der Waals surface area contributed by atoms with Gasteiger partial charge in [-0.25, -0.2) is 4.79 Å². The van der Waals surface area contributed by atoms with Gasteiger partial charge in [-0.1, -0.05) is 37.2 Å². The molecule has 0 saturated carbocycles. The Labute approximate surface area is 123 Å². The molecule has 0 saturated heterocycles. The first kappa shape index (κ1) is 13.6. The number of urea groups is 1. The standard InChI is InChI=1S/C15H18N4O2/c1-9(2)13-17-14(21-18-13)12-8-10-6-4-5-7-11(10)19(12)15(20)16-3/h4-7,9,12H,8H2,1-3H3,(H,16,20). The molecule has 1 aliphatic rings. The molecule has 1 N–H and O–H groups in total. The van der Waals surface area contributed by atoms with Gasteiger partial charge in [0, 0.05) is 25.1 Å². The topological polar surface area (TPSA) is 71.3 Å². The van der Waals surface area contributed by atoms with E-state index in [1.165, 1.54) is 0 Å². The minimum Gasteiger partial charge on any atom is -0.341 e. The molecular formula is C15H18N4O2. The molecule has 2 aromatic rings. The van der Waals surface area contributed by atoms with Gasteiger partial charge in [0.05, 0.1) is 0 Å². The highest BCUT2D eigenvalue weighted by Crippen LogP contribution is 2.39. The maximum atomic E-state index is 12.2. The zero-order valence-corrected chi connectivity index (χ0v) is 12.3. The first-order chi connectivity index (χ1) is 10.1. The second kappa shape index (κ2) is 5.20. The number of rotatable bonds is 2. The second-order valence-electron chi connectivity index (χ2n) is 5.42. The van der Waals surface area contributed by atoms with Crippen molar-refractivity contribution in [2.45, 2.75) is 32.2 Å². The number of fused-ring (bicyclic) bond motifs is 1. The van der Waals surface area contributed by atoms with Crippen LogP contribution >= 0.6 is 0 Å². The number of carbonyl (C=O) groups excluding carboxylic acids is 1. The lowest BCUT2D eigenvalue weighted by Crippen LogP contribution is -2.39. The highest BCUT2D eigenvalue weighted by atomic mass is 16.5. The first-order valence-electron chi connectivity index (χ1n) is 7.04. The molecule has 21 heavy (non-hydrogen) atoms. The fraction of sp³-hybridized carbons (Fsp3) is 0.400. The second-order valence-corrected chi connectivity index (χ2v) is 5.42. The predicted molar refractivity (Wildman–Crippen MR) is 78.2 cm³/mol. The molecule has 6 heteroatoms. The Morgan fingerprint density at radius 2 is 2.19 bits per heavy atom. The van der Waals surface area contributed by atoms with Crippen molar-refractivity contribution in [2.75, 3.05) is 11.9 Å². The van der Waals surface area contributed by atoms with Crippen LogP contribution in [-0.4, -0.2) is 23.2 Å². The Morgan fingerprint density at radius 3 is 2.86 bits per heavy atom. The average Bonchev–Trinajstić information content (AvgIpc) is 3.10. The summed E-state index contributed by atoms with van der Waals surface area (Å²) in [5, 5.41) is 6.67. The highest BCUT2D eigenvalue weighted by molar-refractivity contribution is 5.94. The number of anilines is 1. The van der Waals surface area contributed by atoms with Crippen LogP contribution in [0.4, 0.5) is 10.5 Å². The molecule has 0 radical (unpaired) electrons. The first-order valence-corrected chi connectivity index (χ1v) is 7.04. The summed E-state index contributed by atoms with van der Waals surface area (Å²) < 4.78 is 5.38. The molecule has 1 unspecified atom stereocenters. The maximum Gasteiger partial charge on any atom is 0.322 e. The van der Waals surface area contributed by atoms with Crippen LogP contribution in [0.15, 0.2) is 28.8 Å². The smallest absolute Gasteiger partial charge is 0.322 e. The van der Waals surface area contributed by atoms with E-state index in [9.17, 15) is 4.79 Å². The maximum absolute atomic E-state index is 12.2. The van der Waals surface area contributed by atoms with E-state index in [1.807, 2.05) is 38.1 Å². The summed E-state index contributed by atoms with van der Waals surface area (Å²) in [6, 6.07) is 7.42. The summed E-state index contributed by atoms with van der Waals surface area (Å²) >= 11 is 0. The number of carbonyl (C=O) groups is 1. The summed E-state index contributed by atoms with van der Waals surface area (Å²) in [5.41, 5.74) is 2.00. The predicted octanol–water partition coefficient (Wildman–Crippen LogP) is 2.64. The number of benzene rings is 1. The minimum absolute atomic E-state index is 0.172. The van der Waals surface area contributed by atoms with Crippen molar-refractivity contribution in [1.29, 1.82) is 0 Å². The van der Waals surface area contributed by atoms with Gasteiger partial charge in [-0.15, -0.1) is 0 Å². The molecule has 1 aromatic heterocycles. The SMILES string of the molecule is CNC(=O)N1c2ccccc2CC1c1nc(C(C)C)no1. The summed E-state index contributed by atoms with van der Waals surface area (Å²) in [4.78, 5) is 18.4. The summed E-state index contributed by atoms with van der Waals surface area (Å²) in [6.45, 7) is 4.02. The Kier molecular flexibility index (Phi) is 3.37. The van der Waals surface area contributed by atoms with Crippen LogP contribution in [0.2, 0.25) is 0 Å². The average molecular weight is 286 g/mol. The third kappa shape index (κ3) is 2.26. The Hall–Kier alpha value is -2.37. The summed E-state index contributed by atoms with van der Waals surface area (Å²) in [7, 11) is 1.62. The number of amides is 2. The molecule has 1 aromatic carbocycles. The zero-order chi connectivity index (χ0) is 15.0. The van der Waals surface area contributed by atoms with Crippen LogP contribution in [0.3, 0.4) is 0 Å². The van der Waals surface area contributed by atoms with Gasteiger partial charge in [0.1, 0.15) is 6.04 Å². The molecule has 110 valence electrons. The molecule has 0 aliphatic carbocycles. The van der Waals surface area contributed by atoms with Crippen LogP contribution in [0.25, 0.3) is 0 Å². The van der Waals surface area contributed by atoms with Gasteiger partial charge in [0.15, 0.2) is 5.82 Å². The summed E-state index contributed by atoms with van der Waals surface area (Å²) in [5.74, 6) is 1.34. The Morgan fingerprint density at radius 1 is 1.43 bits per heavy atom. The lowest BCUT2D eigenvalue weighted by atomic mass is 10.1. The van der Waals surface area contributed by atoms with Crippen molar-refractivity contribution in [3.63, 3.8) is 0 Å². The van der Waals surface area contributed by atoms with Gasteiger partial charge in [0.25, 0.3) is 0 Å². The van der Waals surface area contributed by atoms with Gasteiger partial charge in [-0.2, -0.15) is 4.98 Å². The third-order valence-corrected chi connectivity index (χ3v) is 3.67. The molecule has 0 bridgehead atoms. The number of nitrogens with one attached hydrogen (secondary N) is 1. The van der Waals surface area contributed by atoms with E-state index in [2.05, 4.69) is 15.5 Å². The molecule has 0 spiro atoms. The van der Waals surface area contributed by atoms with Crippen LogP contribution in [-0.2, 0) is 6.42 Å². The van der Waals surface area contributed by atoms with Crippen molar-refractivity contribution >= 4 is 11.7 Å². The Bertz CT molecular complexity index is 665. The monoisotopic (exact) mass is 286 g/mol. The number of aromatic nitrogens is 2. The molecule has 6 nitrogen and oxygen atoms in total. The summed E-state index contributed by atoms with van der Waals surface area (Å²) in [6.07, 6.45) is 0.684. The number of hydrogen-bond donors (Lipinski definition) is 1. The van der Waals surface area contributed by atoms with Crippen LogP contribution in [0, 0.1) is 0 Å². The van der Waals surface area contributed by atoms with Gasteiger partial charge in [0.2, 0.25) is 5.89 Å². The normalized spacial score (nSPS) is 17.1. The van der Waals surface area contributed by atoms with Crippen molar-refractivity contribution in [1.82, 2.24) is 15.5 Å². The lowest BCUT2D eigenvalue weighted by Gasteiger charge is -2.22. The van der Waals surface area contributed by atoms with E-state index in [1.54, 1.807) is 11.9 Å². The molecular weight excluding hydrogens is 268 g/mol. The fourth-order valence-corrected chi connectivity index (χ4v) is 2.57. The Balaban J connectivity index is 2.00. The number of hydrogen-bond acceptors (Lipinski definition) is 4. The fourth-order valence-electron chi connectivity index (χ4n) is 2.57. The number of nitrogens with zero attached hydrogens (tertiary/aromatic N) is 3. The van der Waals surface area contributed by atoms with E-state index in [4.69, 9.17) is 4.52 Å². The molecule has 3 rings (SSSR count). The van der Waals surface area contributed by atoms with Gasteiger partial charge in [-0.3, -0.25) is 4.90 Å². The molecule has 1 aliphatic heterocycles. The lowest BCUT2D eigenvalue weighted by molar-refractivity contribution is 0.244. The van der Waals surface area contributed by atoms with Crippen molar-refractivity contribution in [3.8, 4) is 0 Å². The molecule has 2 heterocycles. The van der Waals surface area contributed by atoms with Gasteiger partial charge < -0.3 is 9.84 Å². The van der Waals surface area contributed by atoms with E-state index in [0.29, 0.717) is 18.1 Å². The van der Waals surface area contributed by atoms with Gasteiger partial charge >= 0.3 is 6.03 Å². The van der Waals surface area contributed by atoms with Crippen molar-refractivity contribution in [3.05, 3.63) is 41.5 Å². The van der Waals surface area contributed by atoms with E-state index in [-0.39, 0.29) is 18.0 Å². The van der Waals surface area contributed by atoms with Gasteiger partial charge in [-0.05, 0) is 11.6 Å². The van der Waals surface area contributed by atoms with E-state index < -0.39 is 0 Å². The van der Waals surface area contributed by atoms with Crippen molar-refractivity contribution < 1.29 is 9.32 Å². The zero-order valence-electron chi connectivity index (χ0n) is 12.3. The minimum atomic E-state index is -0.248. The third-order valence-electron chi connectivity index (χ3n) is 3.67. The molecule has 2 amide bonds. The highest BCUT2D eigenvalue weighted by Gasteiger charge is 2.37. The number of para-hydroxylation sites is 1.